The number of nitrogens with zero attached hydrogens (tertiary/aromatic N) is 1. The maximum absolute atomic E-state index is 12.6. The second-order valence-electron chi connectivity index (χ2n) is 6.54. The number of anilines is 1. The summed E-state index contributed by atoms with van der Waals surface area (Å²) in [6.07, 6.45) is 0. The molecule has 0 amide bonds. The average molecular weight is 476 g/mol. The van der Waals surface area contributed by atoms with Gasteiger partial charge in [-0.15, -0.1) is 11.3 Å². The molecule has 0 bridgehead atoms. The number of thiophene rings is 1. The first kappa shape index (κ1) is 23.3. The van der Waals surface area contributed by atoms with Crippen molar-refractivity contribution < 1.29 is 32.2 Å². The fourth-order valence-corrected chi connectivity index (χ4v) is 5.05. The van der Waals surface area contributed by atoms with Gasteiger partial charge in [-0.25, -0.2) is 18.0 Å². The van der Waals surface area contributed by atoms with E-state index in [9.17, 15) is 18.0 Å². The van der Waals surface area contributed by atoms with E-state index in [0.717, 1.165) is 11.3 Å². The Kier molecular flexibility index (Phi) is 7.49. The summed E-state index contributed by atoms with van der Waals surface area (Å²) in [4.78, 5) is 23.5. The molecule has 32 heavy (non-hydrogen) atoms. The van der Waals surface area contributed by atoms with Gasteiger partial charge >= 0.3 is 11.9 Å². The van der Waals surface area contributed by atoms with Gasteiger partial charge in [0.1, 0.15) is 16.6 Å². The Labute approximate surface area is 190 Å². The number of esters is 2. The van der Waals surface area contributed by atoms with E-state index in [0.29, 0.717) is 22.6 Å². The minimum absolute atomic E-state index is 0.0165. The highest BCUT2D eigenvalue weighted by atomic mass is 32.2. The summed E-state index contributed by atoms with van der Waals surface area (Å²) < 4.78 is 41.8. The Hall–Kier alpha value is -3.37. The van der Waals surface area contributed by atoms with Gasteiger partial charge in [0.15, 0.2) is 6.61 Å². The molecule has 0 saturated heterocycles. The van der Waals surface area contributed by atoms with Crippen molar-refractivity contribution in [2.75, 3.05) is 25.1 Å². The third-order valence-corrected chi connectivity index (χ3v) is 7.57. The second-order valence-corrected chi connectivity index (χ2v) is 9.68. The van der Waals surface area contributed by atoms with Gasteiger partial charge in [-0.2, -0.15) is 0 Å². The maximum atomic E-state index is 12.6. The molecule has 0 spiro atoms. The van der Waals surface area contributed by atoms with Gasteiger partial charge in [-0.3, -0.25) is 4.31 Å². The van der Waals surface area contributed by atoms with Crippen molar-refractivity contribution in [3.8, 4) is 5.75 Å². The highest BCUT2D eigenvalue weighted by Crippen LogP contribution is 2.26. The maximum Gasteiger partial charge on any atom is 0.344 e. The fraction of sp³-hybridized carbons (Fsp3) is 0.182. The molecule has 3 aromatic rings. The van der Waals surface area contributed by atoms with Crippen molar-refractivity contribution in [2.24, 2.45) is 0 Å². The van der Waals surface area contributed by atoms with E-state index in [1.54, 1.807) is 66.0 Å². The lowest BCUT2D eigenvalue weighted by Crippen LogP contribution is -2.25. The lowest BCUT2D eigenvalue weighted by Gasteiger charge is -2.18. The number of carbonyl (C=O) groups excluding carboxylic acids is 2. The number of benzene rings is 2. The lowest BCUT2D eigenvalue weighted by atomic mass is 10.1. The molecule has 0 N–H and O–H groups in total. The Morgan fingerprint density at radius 1 is 1.03 bits per heavy atom. The van der Waals surface area contributed by atoms with Crippen LogP contribution in [0.2, 0.25) is 0 Å². The molecule has 3 rings (SSSR count). The summed E-state index contributed by atoms with van der Waals surface area (Å²) in [6, 6.07) is 16.1. The largest absolute Gasteiger partial charge is 0.482 e. The lowest BCUT2D eigenvalue weighted by molar-refractivity contribution is -0.147. The molecule has 0 aliphatic rings. The van der Waals surface area contributed by atoms with Crippen LogP contribution in [0.1, 0.15) is 15.9 Å². The molecule has 0 fully saturated rings. The summed E-state index contributed by atoms with van der Waals surface area (Å²) in [6.45, 7) is -0.337. The van der Waals surface area contributed by atoms with Crippen molar-refractivity contribution in [1.29, 1.82) is 0 Å². The first-order chi connectivity index (χ1) is 15.3. The second kappa shape index (κ2) is 10.3. The molecule has 0 saturated carbocycles. The van der Waals surface area contributed by atoms with Crippen molar-refractivity contribution in [3.05, 3.63) is 77.2 Å². The third-order valence-electron chi connectivity index (χ3n) is 4.41. The topological polar surface area (TPSA) is 99.2 Å². The van der Waals surface area contributed by atoms with Crippen LogP contribution < -0.4 is 9.04 Å². The number of ether oxygens (including phenoxy) is 3. The smallest absolute Gasteiger partial charge is 0.344 e. The minimum Gasteiger partial charge on any atom is -0.482 e. The molecular weight excluding hydrogens is 454 g/mol. The predicted octanol–water partition coefficient (Wildman–Crippen LogP) is 3.48. The van der Waals surface area contributed by atoms with E-state index in [-0.39, 0.29) is 17.4 Å². The Bertz CT molecular complexity index is 1170. The van der Waals surface area contributed by atoms with Crippen molar-refractivity contribution in [3.63, 3.8) is 0 Å². The van der Waals surface area contributed by atoms with Gasteiger partial charge in [0.2, 0.25) is 0 Å². The summed E-state index contributed by atoms with van der Waals surface area (Å²) in [5.41, 5.74) is 1.46. The van der Waals surface area contributed by atoms with Crippen LogP contribution in [0.15, 0.2) is 70.3 Å². The van der Waals surface area contributed by atoms with Gasteiger partial charge in [0.05, 0.1) is 18.4 Å². The van der Waals surface area contributed by atoms with Gasteiger partial charge in [-0.1, -0.05) is 18.2 Å². The molecule has 10 heteroatoms. The summed E-state index contributed by atoms with van der Waals surface area (Å²) in [7, 11) is -0.862. The van der Waals surface area contributed by atoms with Crippen molar-refractivity contribution in [1.82, 2.24) is 0 Å². The molecule has 0 aliphatic heterocycles. The van der Waals surface area contributed by atoms with Crippen LogP contribution in [0.4, 0.5) is 5.69 Å². The zero-order valence-electron chi connectivity index (χ0n) is 17.4. The standard InChI is InChI=1S/C22H21NO7S2/c1-23(32(26,27)21-7-4-12-31-21)18-8-10-19(11-9-18)29-15-20(24)30-14-16-5-3-6-17(13-16)22(25)28-2/h3-13H,14-15H2,1-2H3. The molecule has 2 aromatic carbocycles. The molecule has 8 nitrogen and oxygen atoms in total. The summed E-state index contributed by atoms with van der Waals surface area (Å²) in [5, 5.41) is 1.70. The first-order valence-electron chi connectivity index (χ1n) is 9.39. The van der Waals surface area contributed by atoms with Crippen LogP contribution in [0.5, 0.6) is 5.75 Å². The zero-order valence-corrected chi connectivity index (χ0v) is 19.0. The van der Waals surface area contributed by atoms with E-state index in [2.05, 4.69) is 4.74 Å². The first-order valence-corrected chi connectivity index (χ1v) is 11.7. The fourth-order valence-electron chi connectivity index (χ4n) is 2.69. The van der Waals surface area contributed by atoms with E-state index in [1.807, 2.05) is 0 Å². The highest BCUT2D eigenvalue weighted by Gasteiger charge is 2.22. The predicted molar refractivity (Wildman–Crippen MR) is 119 cm³/mol. The van der Waals surface area contributed by atoms with Gasteiger partial charge in [-0.05, 0) is 53.4 Å². The van der Waals surface area contributed by atoms with Crippen molar-refractivity contribution in [2.45, 2.75) is 10.8 Å². The molecule has 1 aromatic heterocycles. The van der Waals surface area contributed by atoms with E-state index in [4.69, 9.17) is 9.47 Å². The van der Waals surface area contributed by atoms with E-state index < -0.39 is 22.0 Å². The van der Waals surface area contributed by atoms with Crippen LogP contribution in [-0.2, 0) is 30.9 Å². The van der Waals surface area contributed by atoms with Crippen LogP contribution in [-0.4, -0.2) is 41.1 Å². The molecule has 0 aliphatic carbocycles. The zero-order chi connectivity index (χ0) is 23.1. The monoisotopic (exact) mass is 475 g/mol. The molecule has 0 atom stereocenters. The van der Waals surface area contributed by atoms with Crippen molar-refractivity contribution >= 4 is 39.0 Å². The summed E-state index contributed by atoms with van der Waals surface area (Å²) >= 11 is 1.14. The molecule has 168 valence electrons. The number of sulfonamides is 1. The number of hydrogen-bond donors (Lipinski definition) is 0. The third kappa shape index (κ3) is 5.65. The van der Waals surface area contributed by atoms with Gasteiger partial charge in [0.25, 0.3) is 10.0 Å². The van der Waals surface area contributed by atoms with Gasteiger partial charge < -0.3 is 14.2 Å². The highest BCUT2D eigenvalue weighted by molar-refractivity contribution is 7.94. The van der Waals surface area contributed by atoms with Crippen LogP contribution in [0.25, 0.3) is 0 Å². The number of carbonyl (C=O) groups is 2. The van der Waals surface area contributed by atoms with E-state index in [1.165, 1.54) is 18.5 Å². The van der Waals surface area contributed by atoms with Gasteiger partial charge in [0, 0.05) is 7.05 Å². The number of rotatable bonds is 9. The molecule has 1 heterocycles. The Morgan fingerprint density at radius 3 is 2.44 bits per heavy atom. The number of hydrogen-bond acceptors (Lipinski definition) is 8. The summed E-state index contributed by atoms with van der Waals surface area (Å²) in [5.74, 6) is -0.672. The minimum atomic E-state index is -3.62. The molecule has 0 radical (unpaired) electrons. The Morgan fingerprint density at radius 2 is 1.78 bits per heavy atom. The molecule has 0 unspecified atom stereocenters. The number of methoxy groups -OCH3 is 1. The Balaban J connectivity index is 1.52. The molecular formula is C22H21NO7S2. The quantitative estimate of drug-likeness (QED) is 0.437. The van der Waals surface area contributed by atoms with Crippen LogP contribution in [0, 0.1) is 0 Å². The van der Waals surface area contributed by atoms with Crippen LogP contribution in [0.3, 0.4) is 0 Å². The average Bonchev–Trinajstić information content (AvgIpc) is 3.37. The SMILES string of the molecule is COC(=O)c1cccc(COC(=O)COc2ccc(N(C)S(=O)(=O)c3cccs3)cc2)c1. The normalized spacial score (nSPS) is 10.9. The van der Waals surface area contributed by atoms with Crippen LogP contribution >= 0.6 is 11.3 Å². The van der Waals surface area contributed by atoms with E-state index >= 15 is 0 Å².